The fourth-order valence-electron chi connectivity index (χ4n) is 3.18. The van der Waals surface area contributed by atoms with Crippen molar-refractivity contribution in [1.29, 1.82) is 0 Å². The molecule has 180 valence electrons. The Hall–Kier alpha value is -4.01. The minimum atomic E-state index is -0.520. The van der Waals surface area contributed by atoms with Crippen molar-refractivity contribution in [3.05, 3.63) is 59.6 Å². The third kappa shape index (κ3) is 6.50. The average Bonchev–Trinajstić information content (AvgIpc) is 3.33. The number of aromatic nitrogens is 1. The minimum Gasteiger partial charge on any atom is -0.496 e. The summed E-state index contributed by atoms with van der Waals surface area (Å²) in [4.78, 5) is 28.4. The summed E-state index contributed by atoms with van der Waals surface area (Å²) in [5, 5.41) is 2.69. The van der Waals surface area contributed by atoms with Crippen molar-refractivity contribution >= 4 is 11.9 Å². The van der Waals surface area contributed by atoms with E-state index in [0.717, 1.165) is 11.1 Å². The summed E-state index contributed by atoms with van der Waals surface area (Å²) in [6.45, 7) is 1.78. The van der Waals surface area contributed by atoms with Gasteiger partial charge in [-0.1, -0.05) is 29.8 Å². The highest BCUT2D eigenvalue weighted by Crippen LogP contribution is 2.34. The van der Waals surface area contributed by atoms with Crippen LogP contribution in [0.5, 0.6) is 17.2 Å². The zero-order chi connectivity index (χ0) is 24.5. The van der Waals surface area contributed by atoms with Gasteiger partial charge < -0.3 is 28.7 Å². The summed E-state index contributed by atoms with van der Waals surface area (Å²) in [7, 11) is 4.57. The smallest absolute Gasteiger partial charge is 0.306 e. The van der Waals surface area contributed by atoms with Crippen LogP contribution in [0.15, 0.2) is 47.0 Å². The Morgan fingerprint density at radius 1 is 0.971 bits per heavy atom. The van der Waals surface area contributed by atoms with Crippen LogP contribution in [0.25, 0.3) is 11.3 Å². The molecule has 0 saturated heterocycles. The van der Waals surface area contributed by atoms with Gasteiger partial charge in [0, 0.05) is 30.2 Å². The number of carbonyl (C=O) groups excluding carboxylic acids is 2. The van der Waals surface area contributed by atoms with E-state index < -0.39 is 18.5 Å². The summed E-state index contributed by atoms with van der Waals surface area (Å²) >= 11 is 0. The van der Waals surface area contributed by atoms with Gasteiger partial charge in [0.1, 0.15) is 5.75 Å². The number of benzene rings is 2. The maximum absolute atomic E-state index is 12.1. The summed E-state index contributed by atoms with van der Waals surface area (Å²) in [6.07, 6.45) is 1.95. The molecular formula is C25H28N2O7. The second-order valence-corrected chi connectivity index (χ2v) is 7.44. The number of aryl methyl sites for hydroxylation is 2. The number of carbonyl (C=O) groups is 2. The van der Waals surface area contributed by atoms with Crippen LogP contribution in [0.4, 0.5) is 0 Å². The topological polar surface area (TPSA) is 109 Å². The molecule has 0 aliphatic rings. The standard InChI is InChI=1S/C25H28N2O7/c1-16-5-7-17(8-6-16)22-14-27-24(34-22)9-10-25(29)33-15-23(28)26-13-18-11-20(31-3)21(32-4)12-19(18)30-2/h5-8,11-12,14H,9-10,13,15H2,1-4H3,(H,26,28). The van der Waals surface area contributed by atoms with E-state index in [1.165, 1.54) is 21.3 Å². The van der Waals surface area contributed by atoms with E-state index >= 15 is 0 Å². The third-order valence-corrected chi connectivity index (χ3v) is 5.06. The maximum Gasteiger partial charge on any atom is 0.306 e. The number of methoxy groups -OCH3 is 3. The number of nitrogens with zero attached hydrogens (tertiary/aromatic N) is 1. The predicted molar refractivity (Wildman–Crippen MR) is 124 cm³/mol. The summed E-state index contributed by atoms with van der Waals surface area (Å²) in [5.41, 5.74) is 2.75. The van der Waals surface area contributed by atoms with Gasteiger partial charge in [-0.05, 0) is 13.0 Å². The van der Waals surface area contributed by atoms with Crippen molar-refractivity contribution in [3.63, 3.8) is 0 Å². The summed E-state index contributed by atoms with van der Waals surface area (Å²) in [5.74, 6) is 1.66. The monoisotopic (exact) mass is 468 g/mol. The number of amides is 1. The van der Waals surface area contributed by atoms with Crippen molar-refractivity contribution in [3.8, 4) is 28.6 Å². The van der Waals surface area contributed by atoms with Crippen molar-refractivity contribution in [2.75, 3.05) is 27.9 Å². The van der Waals surface area contributed by atoms with Crippen LogP contribution in [0.3, 0.4) is 0 Å². The Balaban J connectivity index is 1.44. The zero-order valence-electron chi connectivity index (χ0n) is 19.7. The summed E-state index contributed by atoms with van der Waals surface area (Å²) in [6, 6.07) is 11.3. The fourth-order valence-corrected chi connectivity index (χ4v) is 3.18. The predicted octanol–water partition coefficient (Wildman–Crippen LogP) is 3.47. The molecule has 1 aromatic heterocycles. The SMILES string of the molecule is COc1cc(OC)c(OC)cc1CNC(=O)COC(=O)CCc1ncc(-c2ccc(C)cc2)o1. The number of ether oxygens (including phenoxy) is 4. The van der Waals surface area contributed by atoms with E-state index in [2.05, 4.69) is 10.3 Å². The van der Waals surface area contributed by atoms with Crippen molar-refractivity contribution in [2.45, 2.75) is 26.3 Å². The minimum absolute atomic E-state index is 0.0463. The van der Waals surface area contributed by atoms with E-state index in [0.29, 0.717) is 34.5 Å². The molecule has 3 aromatic rings. The van der Waals surface area contributed by atoms with Gasteiger partial charge in [-0.3, -0.25) is 9.59 Å². The van der Waals surface area contributed by atoms with Crippen LogP contribution in [0, 0.1) is 6.92 Å². The number of rotatable bonds is 11. The van der Waals surface area contributed by atoms with Gasteiger partial charge in [0.05, 0.1) is 33.9 Å². The Labute approximate surface area is 198 Å². The Bertz CT molecular complexity index is 1120. The van der Waals surface area contributed by atoms with Crippen LogP contribution in [0.2, 0.25) is 0 Å². The second-order valence-electron chi connectivity index (χ2n) is 7.44. The molecule has 9 heteroatoms. The van der Waals surface area contributed by atoms with Gasteiger partial charge in [0.15, 0.2) is 29.8 Å². The van der Waals surface area contributed by atoms with Crippen LogP contribution < -0.4 is 19.5 Å². The first kappa shape index (κ1) is 24.6. The Morgan fingerprint density at radius 3 is 2.32 bits per heavy atom. The van der Waals surface area contributed by atoms with Crippen LogP contribution in [0.1, 0.15) is 23.4 Å². The van der Waals surface area contributed by atoms with Gasteiger partial charge in [0.2, 0.25) is 0 Å². The molecule has 0 spiro atoms. The van der Waals surface area contributed by atoms with E-state index in [9.17, 15) is 9.59 Å². The molecule has 0 radical (unpaired) electrons. The number of esters is 1. The normalized spacial score (nSPS) is 10.5. The van der Waals surface area contributed by atoms with E-state index in [1.54, 1.807) is 18.3 Å². The van der Waals surface area contributed by atoms with Crippen LogP contribution in [-0.2, 0) is 27.3 Å². The van der Waals surface area contributed by atoms with Gasteiger partial charge in [-0.2, -0.15) is 0 Å². The molecule has 0 unspecified atom stereocenters. The van der Waals surface area contributed by atoms with Crippen molar-refractivity contribution < 1.29 is 33.0 Å². The number of oxazole rings is 1. The third-order valence-electron chi connectivity index (χ3n) is 5.06. The lowest BCUT2D eigenvalue weighted by atomic mass is 10.1. The average molecular weight is 469 g/mol. The summed E-state index contributed by atoms with van der Waals surface area (Å²) < 4.78 is 26.6. The molecule has 1 N–H and O–H groups in total. The second kappa shape index (κ2) is 11.7. The zero-order valence-corrected chi connectivity index (χ0v) is 19.7. The number of hydrogen-bond acceptors (Lipinski definition) is 8. The molecule has 0 bridgehead atoms. The highest BCUT2D eigenvalue weighted by Gasteiger charge is 2.14. The molecule has 0 saturated carbocycles. The van der Waals surface area contributed by atoms with Crippen LogP contribution >= 0.6 is 0 Å². The van der Waals surface area contributed by atoms with Gasteiger partial charge in [0.25, 0.3) is 5.91 Å². The van der Waals surface area contributed by atoms with Gasteiger partial charge in [-0.25, -0.2) is 4.98 Å². The molecule has 2 aromatic carbocycles. The molecule has 0 aliphatic carbocycles. The van der Waals surface area contributed by atoms with Crippen molar-refractivity contribution in [2.24, 2.45) is 0 Å². The first-order chi connectivity index (χ1) is 16.4. The molecular weight excluding hydrogens is 440 g/mol. The molecule has 1 heterocycles. The lowest BCUT2D eigenvalue weighted by molar-refractivity contribution is -0.148. The molecule has 0 atom stereocenters. The number of hydrogen-bond donors (Lipinski definition) is 1. The highest BCUT2D eigenvalue weighted by atomic mass is 16.5. The highest BCUT2D eigenvalue weighted by molar-refractivity contribution is 5.80. The van der Waals surface area contributed by atoms with E-state index in [4.69, 9.17) is 23.4 Å². The fraction of sp³-hybridized carbons (Fsp3) is 0.320. The Morgan fingerprint density at radius 2 is 1.65 bits per heavy atom. The lowest BCUT2D eigenvalue weighted by Crippen LogP contribution is -2.28. The quantitative estimate of drug-likeness (QED) is 0.426. The maximum atomic E-state index is 12.1. The van der Waals surface area contributed by atoms with Crippen molar-refractivity contribution in [1.82, 2.24) is 10.3 Å². The first-order valence-corrected chi connectivity index (χ1v) is 10.7. The Kier molecular flexibility index (Phi) is 8.50. The number of nitrogens with one attached hydrogen (secondary N) is 1. The molecule has 1 amide bonds. The molecule has 9 nitrogen and oxygen atoms in total. The lowest BCUT2D eigenvalue weighted by Gasteiger charge is -2.14. The largest absolute Gasteiger partial charge is 0.496 e. The molecule has 3 rings (SSSR count). The first-order valence-electron chi connectivity index (χ1n) is 10.7. The molecule has 34 heavy (non-hydrogen) atoms. The van der Waals surface area contributed by atoms with Gasteiger partial charge in [-0.15, -0.1) is 0 Å². The van der Waals surface area contributed by atoms with Crippen LogP contribution in [-0.4, -0.2) is 44.8 Å². The van der Waals surface area contributed by atoms with E-state index in [-0.39, 0.29) is 19.4 Å². The molecule has 0 aliphatic heterocycles. The van der Waals surface area contributed by atoms with Gasteiger partial charge >= 0.3 is 5.97 Å². The van der Waals surface area contributed by atoms with E-state index in [1.807, 2.05) is 31.2 Å². The molecule has 0 fully saturated rings.